The minimum absolute atomic E-state index is 0.0974. The highest BCUT2D eigenvalue weighted by atomic mass is 31.1. The highest BCUT2D eigenvalue weighted by molar-refractivity contribution is 7.17. The van der Waals surface area contributed by atoms with Gasteiger partial charge < -0.3 is 30.9 Å². The highest BCUT2D eigenvalue weighted by Crippen LogP contribution is 2.37. The summed E-state index contributed by atoms with van der Waals surface area (Å²) >= 11 is 0. The molecule has 0 amide bonds. The number of anilines is 3. The second-order valence-corrected chi connectivity index (χ2v) is 5.09. The van der Waals surface area contributed by atoms with Gasteiger partial charge in [-0.3, -0.25) is 4.52 Å². The van der Waals surface area contributed by atoms with E-state index in [9.17, 15) is 14.8 Å². The van der Waals surface area contributed by atoms with Crippen LogP contribution >= 0.6 is 8.69 Å². The summed E-state index contributed by atoms with van der Waals surface area (Å²) in [5, 5.41) is 23.1. The number of ether oxygens (including phenoxy) is 1. The zero-order valence-corrected chi connectivity index (χ0v) is 11.7. The fourth-order valence-electron chi connectivity index (χ4n) is 2.45. The molecule has 3 heterocycles. The van der Waals surface area contributed by atoms with Gasteiger partial charge in [0.25, 0.3) is 0 Å². The Bertz CT molecular complexity index is 549. The molecule has 1 aromatic heterocycles. The predicted molar refractivity (Wildman–Crippen MR) is 71.6 cm³/mol. The lowest BCUT2D eigenvalue weighted by atomic mass is 10.1. The lowest BCUT2D eigenvalue weighted by Gasteiger charge is -2.26. The van der Waals surface area contributed by atoms with Crippen molar-refractivity contribution in [3.8, 4) is 0 Å². The maximum Gasteiger partial charge on any atom is 0.327 e. The van der Waals surface area contributed by atoms with E-state index in [1.165, 1.54) is 6.33 Å². The lowest BCUT2D eigenvalue weighted by molar-refractivity contribution is -0.0138. The molecule has 0 bridgehead atoms. The minimum atomic E-state index is -1.16. The van der Waals surface area contributed by atoms with E-state index in [2.05, 4.69) is 19.8 Å². The number of hydrogen-bond donors (Lipinski definition) is 4. The molecular weight excluding hydrogens is 301 g/mol. The summed E-state index contributed by atoms with van der Waals surface area (Å²) in [6, 6.07) is 0. The van der Waals surface area contributed by atoms with Crippen LogP contribution in [0.5, 0.6) is 0 Å². The number of nitrogens with two attached hydrogens (primary N) is 1. The zero-order valence-electron chi connectivity index (χ0n) is 10.8. The number of hydrogen-bond acceptors (Lipinski definition) is 10. The summed E-state index contributed by atoms with van der Waals surface area (Å²) in [5.41, 5.74) is 6.30. The summed E-state index contributed by atoms with van der Waals surface area (Å²) in [4.78, 5) is 9.62. The number of aromatic nitrogens is 2. The monoisotopic (exact) mass is 315 g/mol. The molecule has 21 heavy (non-hydrogen) atoms. The molecule has 1 unspecified atom stereocenters. The van der Waals surface area contributed by atoms with Crippen LogP contribution in [-0.2, 0) is 13.8 Å². The molecule has 2 aliphatic heterocycles. The van der Waals surface area contributed by atoms with Gasteiger partial charge in [-0.2, -0.15) is 0 Å². The van der Waals surface area contributed by atoms with E-state index < -0.39 is 33.2 Å². The molecule has 4 atom stereocenters. The molecule has 11 heteroatoms. The molecule has 0 aliphatic carbocycles. The van der Waals surface area contributed by atoms with Crippen LogP contribution in [0.2, 0.25) is 0 Å². The van der Waals surface area contributed by atoms with Gasteiger partial charge in [0, 0.05) is 0 Å². The first-order valence-corrected chi connectivity index (χ1v) is 6.93. The Morgan fingerprint density at radius 2 is 2.33 bits per heavy atom. The lowest BCUT2D eigenvalue weighted by Crippen LogP contribution is -2.44. The van der Waals surface area contributed by atoms with Gasteiger partial charge >= 0.3 is 8.69 Å². The summed E-state index contributed by atoms with van der Waals surface area (Å²) in [6.07, 6.45) is -2.61. The molecule has 1 saturated heterocycles. The smallest absolute Gasteiger partial charge is 0.327 e. The zero-order chi connectivity index (χ0) is 15.0. The molecule has 0 spiro atoms. The van der Waals surface area contributed by atoms with Crippen molar-refractivity contribution < 1.29 is 24.0 Å². The third kappa shape index (κ3) is 2.41. The second-order valence-electron chi connectivity index (χ2n) is 4.68. The number of rotatable bonds is 4. The molecular formula is C10H14N5O5P. The van der Waals surface area contributed by atoms with Crippen molar-refractivity contribution in [3.05, 3.63) is 6.33 Å². The van der Waals surface area contributed by atoms with Crippen molar-refractivity contribution in [2.45, 2.75) is 24.5 Å². The molecule has 3 rings (SSSR count). The summed E-state index contributed by atoms with van der Waals surface area (Å²) in [6.45, 7) is 0.208. The fourth-order valence-corrected chi connectivity index (χ4v) is 2.66. The van der Waals surface area contributed by atoms with Crippen LogP contribution in [0.15, 0.2) is 6.33 Å². The van der Waals surface area contributed by atoms with Crippen LogP contribution in [0.3, 0.4) is 0 Å². The summed E-state index contributed by atoms with van der Waals surface area (Å²) in [5.74, 6) is 0.780. The summed E-state index contributed by atoms with van der Waals surface area (Å²) in [7, 11) is -0.511. The van der Waals surface area contributed by atoms with E-state index in [1.807, 2.05) is 0 Å². The number of fused-ring (bicyclic) bond motifs is 1. The molecule has 5 N–H and O–H groups in total. The first-order valence-electron chi connectivity index (χ1n) is 6.20. The third-order valence-corrected chi connectivity index (χ3v) is 3.75. The summed E-state index contributed by atoms with van der Waals surface area (Å²) < 4.78 is 20.6. The van der Waals surface area contributed by atoms with E-state index in [1.54, 1.807) is 4.90 Å². The van der Waals surface area contributed by atoms with Crippen molar-refractivity contribution in [2.24, 2.45) is 0 Å². The number of nitrogen functional groups attached to an aromatic ring is 1. The Balaban J connectivity index is 1.80. The van der Waals surface area contributed by atoms with Crippen molar-refractivity contribution in [2.75, 3.05) is 29.2 Å². The van der Waals surface area contributed by atoms with E-state index in [4.69, 9.17) is 10.5 Å². The van der Waals surface area contributed by atoms with Gasteiger partial charge in [-0.1, -0.05) is 0 Å². The molecule has 1 fully saturated rings. The Kier molecular flexibility index (Phi) is 3.87. The number of nitrogens with one attached hydrogen (secondary N) is 1. The molecule has 0 aromatic carbocycles. The van der Waals surface area contributed by atoms with Gasteiger partial charge in [0.2, 0.25) is 0 Å². The largest absolute Gasteiger partial charge is 0.387 e. The molecule has 1 aromatic rings. The number of nitrogens with zero attached hydrogens (tertiary/aromatic N) is 3. The third-order valence-electron chi connectivity index (χ3n) is 3.49. The SMILES string of the molecule is Nc1ncnc2c1NCN2[C@@H]1O[C@H](COP=O)C(O)[C@@H]1O. The molecule has 0 radical (unpaired) electrons. The van der Waals surface area contributed by atoms with Gasteiger partial charge in [-0.25, -0.2) is 14.5 Å². The van der Waals surface area contributed by atoms with Crippen LogP contribution < -0.4 is 16.0 Å². The van der Waals surface area contributed by atoms with E-state index in [0.717, 1.165) is 0 Å². The molecule has 0 saturated carbocycles. The highest BCUT2D eigenvalue weighted by Gasteiger charge is 2.47. The maximum atomic E-state index is 10.3. The Hall–Kier alpha value is -1.58. The van der Waals surface area contributed by atoms with Gasteiger partial charge in [-0.05, 0) is 0 Å². The average Bonchev–Trinajstić information content (AvgIpc) is 3.02. The first kappa shape index (κ1) is 14.4. The number of aliphatic hydroxyl groups excluding tert-OH is 2. The first-order chi connectivity index (χ1) is 10.1. The van der Waals surface area contributed by atoms with Crippen molar-refractivity contribution in [1.29, 1.82) is 0 Å². The Labute approximate surface area is 121 Å². The van der Waals surface area contributed by atoms with Gasteiger partial charge in [0.15, 0.2) is 17.9 Å². The van der Waals surface area contributed by atoms with E-state index >= 15 is 0 Å². The standard InChI is InChI=1S/C10H14N5O5P/c11-8-5-9(13-2-12-8)15(3-14-5)10-7(17)6(16)4(20-10)1-19-21-18/h2,4,6-7,10,14,16-17H,1,3H2,(H2,11,12,13)/t4-,6?,7+,10-/m1/s1. The quantitative estimate of drug-likeness (QED) is 0.506. The van der Waals surface area contributed by atoms with Crippen molar-refractivity contribution >= 4 is 26.0 Å². The van der Waals surface area contributed by atoms with Crippen LogP contribution in [0.4, 0.5) is 17.3 Å². The van der Waals surface area contributed by atoms with Gasteiger partial charge in [0.1, 0.15) is 30.3 Å². The van der Waals surface area contributed by atoms with Crippen molar-refractivity contribution in [3.63, 3.8) is 0 Å². The molecule has 114 valence electrons. The van der Waals surface area contributed by atoms with Crippen LogP contribution in [0, 0.1) is 0 Å². The molecule has 10 nitrogen and oxygen atoms in total. The van der Waals surface area contributed by atoms with Crippen LogP contribution in [-0.4, -0.2) is 58.0 Å². The van der Waals surface area contributed by atoms with Gasteiger partial charge in [0.05, 0.1) is 13.3 Å². The Morgan fingerprint density at radius 1 is 1.52 bits per heavy atom. The van der Waals surface area contributed by atoms with Crippen LogP contribution in [0.1, 0.15) is 0 Å². The minimum Gasteiger partial charge on any atom is -0.387 e. The molecule has 2 aliphatic rings. The van der Waals surface area contributed by atoms with Gasteiger partial charge in [-0.15, -0.1) is 0 Å². The van der Waals surface area contributed by atoms with Crippen LogP contribution in [0.25, 0.3) is 0 Å². The predicted octanol–water partition coefficient (Wildman–Crippen LogP) is -1.08. The average molecular weight is 315 g/mol. The topological polar surface area (TPSA) is 143 Å². The normalized spacial score (nSPS) is 31.4. The maximum absolute atomic E-state index is 10.3. The Morgan fingerprint density at radius 3 is 3.10 bits per heavy atom. The van der Waals surface area contributed by atoms with E-state index in [-0.39, 0.29) is 6.61 Å². The second kappa shape index (κ2) is 5.66. The van der Waals surface area contributed by atoms with Crippen molar-refractivity contribution in [1.82, 2.24) is 9.97 Å². The number of aliphatic hydroxyl groups is 2. The fraction of sp³-hybridized carbons (Fsp3) is 0.600. The van der Waals surface area contributed by atoms with E-state index in [0.29, 0.717) is 24.0 Å².